The zero-order chi connectivity index (χ0) is 12.5. The number of carboxylic acids is 1. The van der Waals surface area contributed by atoms with Crippen LogP contribution in [-0.4, -0.2) is 23.0 Å². The lowest BCUT2D eigenvalue weighted by Gasteiger charge is -2.44. The van der Waals surface area contributed by atoms with E-state index in [-0.39, 0.29) is 11.9 Å². The molecule has 90 valence electrons. The van der Waals surface area contributed by atoms with E-state index in [4.69, 9.17) is 0 Å². The molecule has 0 bridgehead atoms. The first-order valence-corrected chi connectivity index (χ1v) is 5.60. The number of aliphatic carboxylic acids is 1. The van der Waals surface area contributed by atoms with Gasteiger partial charge in [0, 0.05) is 13.0 Å². The van der Waals surface area contributed by atoms with Gasteiger partial charge in [0.25, 0.3) is 0 Å². The van der Waals surface area contributed by atoms with Gasteiger partial charge in [0.05, 0.1) is 5.41 Å². The Kier molecular flexibility index (Phi) is 2.88. The Morgan fingerprint density at radius 3 is 2.35 bits per heavy atom. The van der Waals surface area contributed by atoms with Crippen LogP contribution >= 0.6 is 0 Å². The molecule has 1 fully saturated rings. The summed E-state index contributed by atoms with van der Waals surface area (Å²) in [4.78, 5) is 22.3. The summed E-state index contributed by atoms with van der Waals surface area (Å²) in [5, 5.41) is 12.1. The Hall–Kier alpha value is -1.84. The van der Waals surface area contributed by atoms with Gasteiger partial charge in [0.15, 0.2) is 0 Å². The Balaban J connectivity index is 2.17. The second kappa shape index (κ2) is 4.20. The molecule has 0 aliphatic heterocycles. The average Bonchev–Trinajstić information content (AvgIpc) is 2.23. The maximum Gasteiger partial charge on any atom is 0.314 e. The number of hydrogen-bond donors (Lipinski definition) is 2. The minimum absolute atomic E-state index is 0.0243. The number of benzene rings is 1. The monoisotopic (exact) mass is 233 g/mol. The van der Waals surface area contributed by atoms with E-state index in [1.165, 1.54) is 6.92 Å². The molecular formula is C13H15NO3. The van der Waals surface area contributed by atoms with Crippen LogP contribution in [-0.2, 0) is 15.0 Å². The van der Waals surface area contributed by atoms with Crippen molar-refractivity contribution in [1.29, 1.82) is 0 Å². The average molecular weight is 233 g/mol. The predicted octanol–water partition coefficient (Wildman–Crippen LogP) is 1.31. The topological polar surface area (TPSA) is 66.4 Å². The zero-order valence-electron chi connectivity index (χ0n) is 9.64. The van der Waals surface area contributed by atoms with Crippen molar-refractivity contribution in [1.82, 2.24) is 5.32 Å². The highest BCUT2D eigenvalue weighted by Crippen LogP contribution is 2.44. The summed E-state index contributed by atoms with van der Waals surface area (Å²) >= 11 is 0. The maximum absolute atomic E-state index is 11.4. The van der Waals surface area contributed by atoms with Gasteiger partial charge in [-0.05, 0) is 18.4 Å². The number of nitrogens with one attached hydrogen (secondary N) is 1. The van der Waals surface area contributed by atoms with Gasteiger partial charge in [0.1, 0.15) is 0 Å². The molecule has 0 atom stereocenters. The SMILES string of the molecule is CC(=O)NC1CC(C(=O)O)(c2ccccc2)C1. The number of amides is 1. The molecule has 0 aromatic heterocycles. The molecule has 17 heavy (non-hydrogen) atoms. The Morgan fingerprint density at radius 1 is 1.29 bits per heavy atom. The Morgan fingerprint density at radius 2 is 1.88 bits per heavy atom. The fourth-order valence-corrected chi connectivity index (χ4v) is 2.46. The maximum atomic E-state index is 11.4. The van der Waals surface area contributed by atoms with Gasteiger partial charge in [-0.25, -0.2) is 0 Å². The standard InChI is InChI=1S/C13H15NO3/c1-9(15)14-11-7-13(8-11,12(16)17)10-5-3-2-4-6-10/h2-6,11H,7-8H2,1H3,(H,14,15)(H,16,17). The van der Waals surface area contributed by atoms with Crippen molar-refractivity contribution in [2.45, 2.75) is 31.2 Å². The highest BCUT2D eigenvalue weighted by molar-refractivity contribution is 5.84. The number of rotatable bonds is 3. The van der Waals surface area contributed by atoms with Gasteiger partial charge in [-0.15, -0.1) is 0 Å². The third kappa shape index (κ3) is 2.02. The summed E-state index contributed by atoms with van der Waals surface area (Å²) in [6.45, 7) is 1.45. The molecule has 1 saturated carbocycles. The summed E-state index contributed by atoms with van der Waals surface area (Å²) in [5.74, 6) is -0.924. The second-order valence-electron chi connectivity index (χ2n) is 4.56. The number of carbonyl (C=O) groups is 2. The van der Waals surface area contributed by atoms with Crippen LogP contribution in [0.15, 0.2) is 30.3 Å². The lowest BCUT2D eigenvalue weighted by molar-refractivity contribution is -0.149. The first-order valence-electron chi connectivity index (χ1n) is 5.60. The van der Waals surface area contributed by atoms with Crippen LogP contribution in [0, 0.1) is 0 Å². The van der Waals surface area contributed by atoms with Gasteiger partial charge in [-0.2, -0.15) is 0 Å². The third-order valence-electron chi connectivity index (χ3n) is 3.33. The fourth-order valence-electron chi connectivity index (χ4n) is 2.46. The molecule has 0 saturated heterocycles. The van der Waals surface area contributed by atoms with E-state index in [0.29, 0.717) is 12.8 Å². The van der Waals surface area contributed by atoms with E-state index < -0.39 is 11.4 Å². The highest BCUT2D eigenvalue weighted by atomic mass is 16.4. The van der Waals surface area contributed by atoms with Crippen molar-refractivity contribution in [3.8, 4) is 0 Å². The molecule has 0 unspecified atom stereocenters. The molecule has 0 spiro atoms. The number of carboxylic acid groups (broad SMARTS) is 1. The molecule has 1 aliphatic carbocycles. The lowest BCUT2D eigenvalue weighted by Crippen LogP contribution is -2.56. The third-order valence-corrected chi connectivity index (χ3v) is 3.33. The first-order chi connectivity index (χ1) is 8.04. The van der Waals surface area contributed by atoms with E-state index in [1.807, 2.05) is 30.3 Å². The molecule has 0 radical (unpaired) electrons. The van der Waals surface area contributed by atoms with Crippen molar-refractivity contribution in [3.63, 3.8) is 0 Å². The van der Waals surface area contributed by atoms with E-state index in [9.17, 15) is 14.7 Å². The normalized spacial score (nSPS) is 27.0. The molecule has 1 aromatic carbocycles. The van der Waals surface area contributed by atoms with Crippen LogP contribution < -0.4 is 5.32 Å². The molecular weight excluding hydrogens is 218 g/mol. The Labute approximate surface area is 99.6 Å². The van der Waals surface area contributed by atoms with Crippen molar-refractivity contribution in [2.24, 2.45) is 0 Å². The van der Waals surface area contributed by atoms with Crippen molar-refractivity contribution < 1.29 is 14.7 Å². The number of hydrogen-bond acceptors (Lipinski definition) is 2. The van der Waals surface area contributed by atoms with Gasteiger partial charge < -0.3 is 10.4 Å². The molecule has 1 aliphatic rings. The van der Waals surface area contributed by atoms with Crippen LogP contribution in [0.3, 0.4) is 0 Å². The van der Waals surface area contributed by atoms with Crippen LogP contribution in [0.25, 0.3) is 0 Å². The first kappa shape index (κ1) is 11.6. The molecule has 0 heterocycles. The molecule has 4 heteroatoms. The van der Waals surface area contributed by atoms with Gasteiger partial charge in [0.2, 0.25) is 5.91 Å². The summed E-state index contributed by atoms with van der Waals surface area (Å²) in [7, 11) is 0. The molecule has 4 nitrogen and oxygen atoms in total. The minimum atomic E-state index is -0.825. The van der Waals surface area contributed by atoms with E-state index in [0.717, 1.165) is 5.56 Å². The Bertz CT molecular complexity index is 435. The second-order valence-corrected chi connectivity index (χ2v) is 4.56. The van der Waals surface area contributed by atoms with Crippen LogP contribution in [0.2, 0.25) is 0 Å². The number of carbonyl (C=O) groups excluding carboxylic acids is 1. The molecule has 2 rings (SSSR count). The van der Waals surface area contributed by atoms with E-state index >= 15 is 0 Å². The van der Waals surface area contributed by atoms with Gasteiger partial charge in [-0.3, -0.25) is 9.59 Å². The smallest absolute Gasteiger partial charge is 0.314 e. The molecule has 1 aromatic rings. The molecule has 2 N–H and O–H groups in total. The summed E-state index contributed by atoms with van der Waals surface area (Å²) in [6, 6.07) is 9.18. The van der Waals surface area contributed by atoms with E-state index in [2.05, 4.69) is 5.32 Å². The largest absolute Gasteiger partial charge is 0.481 e. The fraction of sp³-hybridized carbons (Fsp3) is 0.385. The van der Waals surface area contributed by atoms with E-state index in [1.54, 1.807) is 0 Å². The zero-order valence-corrected chi connectivity index (χ0v) is 9.64. The van der Waals surface area contributed by atoms with Crippen molar-refractivity contribution in [2.75, 3.05) is 0 Å². The van der Waals surface area contributed by atoms with Crippen molar-refractivity contribution in [3.05, 3.63) is 35.9 Å². The highest BCUT2D eigenvalue weighted by Gasteiger charge is 2.51. The summed E-state index contributed by atoms with van der Waals surface area (Å²) in [5.41, 5.74) is -0.0110. The van der Waals surface area contributed by atoms with Gasteiger partial charge in [-0.1, -0.05) is 30.3 Å². The summed E-state index contributed by atoms with van der Waals surface area (Å²) < 4.78 is 0. The quantitative estimate of drug-likeness (QED) is 0.827. The van der Waals surface area contributed by atoms with Crippen LogP contribution in [0.1, 0.15) is 25.3 Å². The van der Waals surface area contributed by atoms with Crippen LogP contribution in [0.4, 0.5) is 0 Å². The van der Waals surface area contributed by atoms with Crippen molar-refractivity contribution >= 4 is 11.9 Å². The summed E-state index contributed by atoms with van der Waals surface area (Å²) in [6.07, 6.45) is 0.928. The van der Waals surface area contributed by atoms with Gasteiger partial charge >= 0.3 is 5.97 Å². The minimum Gasteiger partial charge on any atom is -0.481 e. The lowest BCUT2D eigenvalue weighted by atomic mass is 9.61. The predicted molar refractivity (Wildman–Crippen MR) is 62.6 cm³/mol. The van der Waals surface area contributed by atoms with Crippen LogP contribution in [0.5, 0.6) is 0 Å². The molecule has 1 amide bonds.